The van der Waals surface area contributed by atoms with Crippen LogP contribution in [-0.4, -0.2) is 37.0 Å². The molecule has 0 radical (unpaired) electrons. The molecular weight excluding hydrogens is 460 g/mol. The fraction of sp³-hybridized carbons (Fsp3) is 0.360. The van der Waals surface area contributed by atoms with Gasteiger partial charge >= 0.3 is 11.9 Å². The lowest BCUT2D eigenvalue weighted by Gasteiger charge is -2.08. The van der Waals surface area contributed by atoms with Gasteiger partial charge in [0.25, 0.3) is 5.91 Å². The zero-order valence-corrected chi connectivity index (χ0v) is 20.1. The fourth-order valence-corrected chi connectivity index (χ4v) is 2.97. The van der Waals surface area contributed by atoms with Crippen LogP contribution < -0.4 is 10.6 Å². The molecule has 8 nitrogen and oxygen atoms in total. The van der Waals surface area contributed by atoms with E-state index in [1.807, 2.05) is 13.8 Å². The Bertz CT molecular complexity index is 1010. The van der Waals surface area contributed by atoms with Crippen molar-refractivity contribution in [2.75, 3.05) is 23.8 Å². The van der Waals surface area contributed by atoms with E-state index in [9.17, 15) is 19.2 Å². The van der Waals surface area contributed by atoms with Crippen molar-refractivity contribution >= 4 is 46.7 Å². The quantitative estimate of drug-likeness (QED) is 0.325. The molecule has 0 bridgehead atoms. The maximum absolute atomic E-state index is 12.1. The highest BCUT2D eigenvalue weighted by Gasteiger charge is 2.11. The first-order valence-electron chi connectivity index (χ1n) is 11.1. The molecule has 182 valence electrons. The number of esters is 2. The van der Waals surface area contributed by atoms with Crippen molar-refractivity contribution in [1.29, 1.82) is 0 Å². The van der Waals surface area contributed by atoms with E-state index in [-0.39, 0.29) is 25.2 Å². The van der Waals surface area contributed by atoms with Crippen LogP contribution in [0.4, 0.5) is 11.4 Å². The summed E-state index contributed by atoms with van der Waals surface area (Å²) >= 11 is 6.01. The minimum Gasteiger partial charge on any atom is -0.462 e. The van der Waals surface area contributed by atoms with Crippen molar-refractivity contribution in [2.24, 2.45) is 0 Å². The lowest BCUT2D eigenvalue weighted by molar-refractivity contribution is -0.147. The molecule has 2 amide bonds. The molecule has 0 saturated carbocycles. The molecule has 0 unspecified atom stereocenters. The first kappa shape index (κ1) is 26.9. The van der Waals surface area contributed by atoms with E-state index in [1.165, 1.54) is 0 Å². The molecule has 0 heterocycles. The Morgan fingerprint density at radius 2 is 1.53 bits per heavy atom. The predicted molar refractivity (Wildman–Crippen MR) is 130 cm³/mol. The van der Waals surface area contributed by atoms with E-state index in [0.29, 0.717) is 28.6 Å². The summed E-state index contributed by atoms with van der Waals surface area (Å²) in [5.74, 6) is -1.74. The molecule has 9 heteroatoms. The van der Waals surface area contributed by atoms with Crippen molar-refractivity contribution in [3.63, 3.8) is 0 Å². The number of aryl methyl sites for hydroxylation is 1. The number of halogens is 1. The number of carbonyl (C=O) groups is 4. The molecule has 0 saturated heterocycles. The van der Waals surface area contributed by atoms with Crippen molar-refractivity contribution in [2.45, 2.75) is 46.0 Å². The van der Waals surface area contributed by atoms with Crippen LogP contribution in [0, 0.1) is 6.92 Å². The van der Waals surface area contributed by atoms with Gasteiger partial charge in [-0.15, -0.1) is 0 Å². The Labute approximate surface area is 204 Å². The van der Waals surface area contributed by atoms with Crippen LogP contribution >= 0.6 is 11.6 Å². The Morgan fingerprint density at radius 1 is 0.853 bits per heavy atom. The molecule has 0 atom stereocenters. The molecule has 0 aromatic heterocycles. The number of benzene rings is 2. The molecular formula is C25H29ClN2O6. The maximum Gasteiger partial charge on any atom is 0.338 e. The monoisotopic (exact) mass is 488 g/mol. The first-order chi connectivity index (χ1) is 16.3. The standard InChI is InChI=1S/C25H29ClN2O6/c1-3-4-14-33-25(32)18-9-12-19(13-10-18)27-22(29)6-5-7-24(31)34-16-23(30)28-20-11-8-17(2)21(26)15-20/h8-13,15H,3-7,14,16H2,1-2H3,(H,27,29)(H,28,30). The van der Waals surface area contributed by atoms with Gasteiger partial charge in [-0.2, -0.15) is 0 Å². The van der Waals surface area contributed by atoms with Crippen LogP contribution in [0.3, 0.4) is 0 Å². The lowest BCUT2D eigenvalue weighted by atomic mass is 10.2. The maximum atomic E-state index is 12.1. The number of hydrogen-bond donors (Lipinski definition) is 2. The normalized spacial score (nSPS) is 10.3. The summed E-state index contributed by atoms with van der Waals surface area (Å²) in [6, 6.07) is 11.5. The van der Waals surface area contributed by atoms with Gasteiger partial charge in [0.1, 0.15) is 0 Å². The summed E-state index contributed by atoms with van der Waals surface area (Å²) in [5, 5.41) is 5.82. The summed E-state index contributed by atoms with van der Waals surface area (Å²) in [6.45, 7) is 3.81. The SMILES string of the molecule is CCCCOC(=O)c1ccc(NC(=O)CCCC(=O)OCC(=O)Nc2ccc(C)c(Cl)c2)cc1. The van der Waals surface area contributed by atoms with E-state index in [0.717, 1.165) is 18.4 Å². The van der Waals surface area contributed by atoms with Crippen LogP contribution in [0.15, 0.2) is 42.5 Å². The van der Waals surface area contributed by atoms with Crippen LogP contribution in [-0.2, 0) is 23.9 Å². The van der Waals surface area contributed by atoms with Crippen LogP contribution in [0.2, 0.25) is 5.02 Å². The summed E-state index contributed by atoms with van der Waals surface area (Å²) in [5.41, 5.74) is 2.33. The molecule has 2 aromatic carbocycles. The van der Waals surface area contributed by atoms with Gasteiger partial charge in [-0.1, -0.05) is 31.0 Å². The van der Waals surface area contributed by atoms with Gasteiger partial charge in [0.15, 0.2) is 6.61 Å². The molecule has 34 heavy (non-hydrogen) atoms. The van der Waals surface area contributed by atoms with Crippen molar-refractivity contribution in [3.8, 4) is 0 Å². The lowest BCUT2D eigenvalue weighted by Crippen LogP contribution is -2.21. The van der Waals surface area contributed by atoms with Crippen LogP contribution in [0.5, 0.6) is 0 Å². The van der Waals surface area contributed by atoms with Gasteiger partial charge < -0.3 is 20.1 Å². The van der Waals surface area contributed by atoms with E-state index < -0.39 is 24.5 Å². The Balaban J connectivity index is 1.64. The molecule has 0 aliphatic heterocycles. The average molecular weight is 489 g/mol. The van der Waals surface area contributed by atoms with E-state index in [2.05, 4.69) is 10.6 Å². The van der Waals surface area contributed by atoms with E-state index in [4.69, 9.17) is 21.1 Å². The number of anilines is 2. The van der Waals surface area contributed by atoms with E-state index in [1.54, 1.807) is 42.5 Å². The minimum atomic E-state index is -0.573. The summed E-state index contributed by atoms with van der Waals surface area (Å²) < 4.78 is 10.1. The third kappa shape index (κ3) is 9.62. The number of nitrogens with one attached hydrogen (secondary N) is 2. The largest absolute Gasteiger partial charge is 0.462 e. The number of amides is 2. The number of rotatable bonds is 12. The average Bonchev–Trinajstić information content (AvgIpc) is 2.80. The second-order valence-corrected chi connectivity index (χ2v) is 8.05. The van der Waals surface area contributed by atoms with Crippen molar-refractivity contribution < 1.29 is 28.7 Å². The third-order valence-electron chi connectivity index (χ3n) is 4.74. The highest BCUT2D eigenvalue weighted by molar-refractivity contribution is 6.31. The molecule has 0 spiro atoms. The highest BCUT2D eigenvalue weighted by Crippen LogP contribution is 2.19. The van der Waals surface area contributed by atoms with Gasteiger partial charge in [0.05, 0.1) is 12.2 Å². The van der Waals surface area contributed by atoms with Crippen LogP contribution in [0.25, 0.3) is 0 Å². The molecule has 2 N–H and O–H groups in total. The second kappa shape index (κ2) is 14.0. The Morgan fingerprint density at radius 3 is 2.21 bits per heavy atom. The number of ether oxygens (including phenoxy) is 2. The minimum absolute atomic E-state index is 0.000398. The van der Waals surface area contributed by atoms with E-state index >= 15 is 0 Å². The first-order valence-corrected chi connectivity index (χ1v) is 11.4. The van der Waals surface area contributed by atoms with Crippen LogP contribution in [0.1, 0.15) is 54.9 Å². The fourth-order valence-electron chi connectivity index (χ4n) is 2.78. The molecule has 2 rings (SSSR count). The molecule has 0 fully saturated rings. The summed E-state index contributed by atoms with van der Waals surface area (Å²) in [6.07, 6.45) is 2.11. The van der Waals surface area contributed by atoms with Gasteiger partial charge in [-0.05, 0) is 61.7 Å². The predicted octanol–water partition coefficient (Wildman–Crippen LogP) is 4.90. The van der Waals surface area contributed by atoms with Gasteiger partial charge in [0.2, 0.25) is 5.91 Å². The number of hydrogen-bond acceptors (Lipinski definition) is 6. The van der Waals surface area contributed by atoms with Crippen molar-refractivity contribution in [1.82, 2.24) is 0 Å². The second-order valence-electron chi connectivity index (χ2n) is 7.64. The topological polar surface area (TPSA) is 111 Å². The van der Waals surface area contributed by atoms with Gasteiger partial charge in [-0.25, -0.2) is 4.79 Å². The Hall–Kier alpha value is -3.39. The third-order valence-corrected chi connectivity index (χ3v) is 5.15. The summed E-state index contributed by atoms with van der Waals surface area (Å²) in [4.78, 5) is 47.7. The zero-order chi connectivity index (χ0) is 24.9. The highest BCUT2D eigenvalue weighted by atomic mass is 35.5. The molecule has 0 aliphatic rings. The Kier molecular flexibility index (Phi) is 11.1. The molecule has 0 aliphatic carbocycles. The summed E-state index contributed by atoms with van der Waals surface area (Å²) in [7, 11) is 0. The molecule has 2 aromatic rings. The number of unbranched alkanes of at least 4 members (excludes halogenated alkanes) is 1. The smallest absolute Gasteiger partial charge is 0.338 e. The van der Waals surface area contributed by atoms with Crippen molar-refractivity contribution in [3.05, 3.63) is 58.6 Å². The van der Waals surface area contributed by atoms with Gasteiger partial charge in [-0.3, -0.25) is 14.4 Å². The number of carbonyl (C=O) groups excluding carboxylic acids is 4. The van der Waals surface area contributed by atoms with Gasteiger partial charge in [0, 0.05) is 29.2 Å². The zero-order valence-electron chi connectivity index (χ0n) is 19.3.